The summed E-state index contributed by atoms with van der Waals surface area (Å²) in [5.41, 5.74) is 1.66. The summed E-state index contributed by atoms with van der Waals surface area (Å²) in [6.45, 7) is 5.26. The number of likely N-dealkylation sites (tertiary alicyclic amines) is 1. The lowest BCUT2D eigenvalue weighted by atomic mass is 9.96. The van der Waals surface area contributed by atoms with Crippen LogP contribution in [-0.4, -0.2) is 41.4 Å². The zero-order valence-electron chi connectivity index (χ0n) is 21.6. The van der Waals surface area contributed by atoms with E-state index in [4.69, 9.17) is 4.74 Å². The molecule has 2 aliphatic carbocycles. The molecule has 2 aromatic rings. The number of halogens is 2. The molecule has 3 fully saturated rings. The Balaban J connectivity index is 1.14. The monoisotopic (exact) mass is 511 g/mol. The smallest absolute Gasteiger partial charge is 0.222 e. The van der Waals surface area contributed by atoms with E-state index in [1.54, 1.807) is 18.3 Å². The first-order valence-electron chi connectivity index (χ1n) is 13.3. The Morgan fingerprint density at radius 1 is 1.08 bits per heavy atom. The van der Waals surface area contributed by atoms with Gasteiger partial charge in [-0.25, -0.2) is 8.78 Å². The molecule has 1 aliphatic heterocycles. The number of benzene rings is 1. The second-order valence-electron chi connectivity index (χ2n) is 11.4. The van der Waals surface area contributed by atoms with Crippen LogP contribution < -0.4 is 10.1 Å². The first-order chi connectivity index (χ1) is 17.7. The number of pyridine rings is 1. The molecule has 3 aliphatic rings. The predicted octanol–water partition coefficient (Wildman–Crippen LogP) is 5.35. The van der Waals surface area contributed by atoms with E-state index in [0.29, 0.717) is 36.1 Å². The summed E-state index contributed by atoms with van der Waals surface area (Å²) in [6.07, 6.45) is 8.76. The van der Waals surface area contributed by atoms with Crippen LogP contribution in [0.25, 0.3) is 11.1 Å². The number of nitrogens with one attached hydrogen (secondary N) is 1. The average Bonchev–Trinajstić information content (AvgIpc) is 3.81. The molecule has 8 heteroatoms. The molecule has 0 spiro atoms. The van der Waals surface area contributed by atoms with Crippen molar-refractivity contribution in [1.29, 1.82) is 0 Å². The van der Waals surface area contributed by atoms with Gasteiger partial charge in [-0.1, -0.05) is 13.0 Å². The van der Waals surface area contributed by atoms with Crippen molar-refractivity contribution in [1.82, 2.24) is 15.2 Å². The molecular formula is C29H35F2N3O3. The average molecular weight is 512 g/mol. The maximum absolute atomic E-state index is 14.8. The first kappa shape index (κ1) is 25.6. The molecule has 1 aromatic heterocycles. The number of ether oxygens (including phenoxy) is 1. The molecule has 0 radical (unpaired) electrons. The summed E-state index contributed by atoms with van der Waals surface area (Å²) in [4.78, 5) is 30.3. The lowest BCUT2D eigenvalue weighted by Gasteiger charge is -2.32. The van der Waals surface area contributed by atoms with Gasteiger partial charge in [0.25, 0.3) is 0 Å². The van der Waals surface area contributed by atoms with E-state index in [0.717, 1.165) is 37.8 Å². The number of carbonyl (C=O) groups excluding carboxylic acids is 2. The van der Waals surface area contributed by atoms with Crippen LogP contribution >= 0.6 is 0 Å². The number of hydrogen-bond donors (Lipinski definition) is 1. The van der Waals surface area contributed by atoms with Gasteiger partial charge in [0.1, 0.15) is 0 Å². The highest BCUT2D eigenvalue weighted by molar-refractivity contribution is 5.76. The molecule has 37 heavy (non-hydrogen) atoms. The van der Waals surface area contributed by atoms with E-state index < -0.39 is 17.2 Å². The van der Waals surface area contributed by atoms with Crippen molar-refractivity contribution in [2.45, 2.75) is 70.8 Å². The molecule has 5 rings (SSSR count). The van der Waals surface area contributed by atoms with Gasteiger partial charge in [-0.2, -0.15) is 0 Å². The van der Waals surface area contributed by atoms with E-state index in [9.17, 15) is 18.4 Å². The van der Waals surface area contributed by atoms with Crippen LogP contribution in [0.3, 0.4) is 0 Å². The lowest BCUT2D eigenvalue weighted by Crippen LogP contribution is -2.39. The fraction of sp³-hybridized carbons (Fsp3) is 0.552. The van der Waals surface area contributed by atoms with Crippen molar-refractivity contribution in [3.63, 3.8) is 0 Å². The minimum Gasteiger partial charge on any atom is -0.487 e. The van der Waals surface area contributed by atoms with E-state index in [2.05, 4.69) is 17.2 Å². The van der Waals surface area contributed by atoms with Crippen molar-refractivity contribution < 1.29 is 23.1 Å². The van der Waals surface area contributed by atoms with Crippen LogP contribution in [0.5, 0.6) is 5.75 Å². The first-order valence-corrected chi connectivity index (χ1v) is 13.3. The standard InChI is InChI=1S/C29H35F2N3O3/c1-19(35)33-29(11-12-29)25-4-3-21(17-32-25)22-15-23(30)27(24(31)16-22)37-18-20-6-13-34(14-7-20)26(36)5-8-28(2)9-10-28/h3-4,15-17,20H,5-14,18H2,1-2H3,(H,33,35). The van der Waals surface area contributed by atoms with Crippen LogP contribution in [0.1, 0.15) is 70.9 Å². The maximum atomic E-state index is 14.8. The molecule has 2 amide bonds. The van der Waals surface area contributed by atoms with Crippen LogP contribution in [0.15, 0.2) is 30.5 Å². The number of aromatic nitrogens is 1. The molecule has 198 valence electrons. The summed E-state index contributed by atoms with van der Waals surface area (Å²) in [6, 6.07) is 6.08. The van der Waals surface area contributed by atoms with Crippen molar-refractivity contribution in [2.75, 3.05) is 19.7 Å². The van der Waals surface area contributed by atoms with E-state index in [1.165, 1.54) is 31.9 Å². The third kappa shape index (κ3) is 5.94. The zero-order valence-corrected chi connectivity index (χ0v) is 21.6. The van der Waals surface area contributed by atoms with E-state index in [1.807, 2.05) is 4.90 Å². The van der Waals surface area contributed by atoms with E-state index >= 15 is 0 Å². The second-order valence-corrected chi connectivity index (χ2v) is 11.4. The van der Waals surface area contributed by atoms with Crippen LogP contribution in [0.2, 0.25) is 0 Å². The minimum absolute atomic E-state index is 0.111. The topological polar surface area (TPSA) is 71.5 Å². The Hall–Kier alpha value is -3.03. The van der Waals surface area contributed by atoms with Gasteiger partial charge in [-0.15, -0.1) is 0 Å². The van der Waals surface area contributed by atoms with Crippen molar-refractivity contribution in [3.8, 4) is 16.9 Å². The molecule has 2 saturated carbocycles. The number of rotatable bonds is 9. The quantitative estimate of drug-likeness (QED) is 0.493. The number of piperidine rings is 1. The molecule has 2 heterocycles. The molecular weight excluding hydrogens is 476 g/mol. The van der Waals surface area contributed by atoms with E-state index in [-0.39, 0.29) is 30.1 Å². The van der Waals surface area contributed by atoms with Gasteiger partial charge in [0, 0.05) is 38.2 Å². The number of hydrogen-bond acceptors (Lipinski definition) is 4. The molecule has 0 unspecified atom stereocenters. The van der Waals surface area contributed by atoms with Crippen molar-refractivity contribution in [3.05, 3.63) is 47.8 Å². The minimum atomic E-state index is -0.753. The second kappa shape index (κ2) is 10.0. The highest BCUT2D eigenvalue weighted by Gasteiger charge is 2.46. The molecule has 6 nitrogen and oxygen atoms in total. The van der Waals surface area contributed by atoms with Gasteiger partial charge in [-0.3, -0.25) is 14.6 Å². The summed E-state index contributed by atoms with van der Waals surface area (Å²) < 4.78 is 35.3. The lowest BCUT2D eigenvalue weighted by molar-refractivity contribution is -0.133. The third-order valence-corrected chi connectivity index (χ3v) is 8.23. The van der Waals surface area contributed by atoms with Gasteiger partial charge in [0.05, 0.1) is 17.8 Å². The van der Waals surface area contributed by atoms with Crippen LogP contribution in [0.4, 0.5) is 8.78 Å². The number of carbonyl (C=O) groups is 2. The normalized spacial score (nSPS) is 19.8. The van der Waals surface area contributed by atoms with Crippen LogP contribution in [0, 0.1) is 23.0 Å². The van der Waals surface area contributed by atoms with Crippen LogP contribution in [-0.2, 0) is 15.1 Å². The largest absolute Gasteiger partial charge is 0.487 e. The zero-order chi connectivity index (χ0) is 26.2. The number of nitrogens with zero attached hydrogens (tertiary/aromatic N) is 2. The summed E-state index contributed by atoms with van der Waals surface area (Å²) >= 11 is 0. The molecule has 1 N–H and O–H groups in total. The van der Waals surface area contributed by atoms with Crippen molar-refractivity contribution >= 4 is 11.8 Å². The van der Waals surface area contributed by atoms with Gasteiger partial charge < -0.3 is 15.0 Å². The fourth-order valence-corrected chi connectivity index (χ4v) is 5.20. The Morgan fingerprint density at radius 2 is 1.76 bits per heavy atom. The fourth-order valence-electron chi connectivity index (χ4n) is 5.20. The molecule has 0 atom stereocenters. The van der Waals surface area contributed by atoms with Gasteiger partial charge in [0.15, 0.2) is 17.4 Å². The highest BCUT2D eigenvalue weighted by atomic mass is 19.1. The predicted molar refractivity (Wildman–Crippen MR) is 136 cm³/mol. The summed E-state index contributed by atoms with van der Waals surface area (Å²) in [5.74, 6) is -1.62. The van der Waals surface area contributed by atoms with Gasteiger partial charge in [-0.05, 0) is 80.0 Å². The Labute approximate surface area is 216 Å². The Morgan fingerprint density at radius 3 is 2.30 bits per heavy atom. The Kier molecular flexibility index (Phi) is 6.94. The summed E-state index contributed by atoms with van der Waals surface area (Å²) in [5, 5.41) is 2.94. The molecule has 0 bridgehead atoms. The van der Waals surface area contributed by atoms with Gasteiger partial charge >= 0.3 is 0 Å². The summed E-state index contributed by atoms with van der Waals surface area (Å²) in [7, 11) is 0. The number of amides is 2. The maximum Gasteiger partial charge on any atom is 0.222 e. The molecule has 1 saturated heterocycles. The highest BCUT2D eigenvalue weighted by Crippen LogP contribution is 2.49. The third-order valence-electron chi connectivity index (χ3n) is 8.23. The molecule has 1 aromatic carbocycles. The SMILES string of the molecule is CC(=O)NC1(c2ccc(-c3cc(F)c(OCC4CCN(C(=O)CCC5(C)CC5)CC4)c(F)c3)cn2)CC1. The van der Waals surface area contributed by atoms with Gasteiger partial charge in [0.2, 0.25) is 11.8 Å². The van der Waals surface area contributed by atoms with Crippen molar-refractivity contribution in [2.24, 2.45) is 11.3 Å². The Bertz CT molecular complexity index is 1140.